The number of nitrogens with one attached hydrogen (secondary N) is 1. The Hall–Kier alpha value is -0.0400. The van der Waals surface area contributed by atoms with E-state index in [9.17, 15) is 0 Å². The Kier molecular flexibility index (Phi) is 0.883. The zero-order chi connectivity index (χ0) is 6.60. The van der Waals surface area contributed by atoms with Gasteiger partial charge in [-0.05, 0) is 50.5 Å². The molecule has 0 aromatic heterocycles. The molecule has 3 fully saturated rings. The minimum Gasteiger partial charge on any atom is -0.311 e. The summed E-state index contributed by atoms with van der Waals surface area (Å²) >= 11 is 0. The van der Waals surface area contributed by atoms with Crippen LogP contribution in [-0.4, -0.2) is 12.1 Å². The Morgan fingerprint density at radius 2 is 2.00 bits per heavy atom. The zero-order valence-electron chi connectivity index (χ0n) is 6.40. The van der Waals surface area contributed by atoms with Crippen molar-refractivity contribution in [3.8, 4) is 0 Å². The molecule has 0 bridgehead atoms. The van der Waals surface area contributed by atoms with E-state index < -0.39 is 0 Å². The molecule has 0 aromatic rings. The molecule has 0 amide bonds. The van der Waals surface area contributed by atoms with E-state index >= 15 is 0 Å². The van der Waals surface area contributed by atoms with E-state index in [0.29, 0.717) is 5.54 Å². The SMILES string of the molecule is C1CNC2(C1)CC1CC1C2. The molecule has 2 atom stereocenters. The van der Waals surface area contributed by atoms with Crippen LogP contribution < -0.4 is 5.32 Å². The predicted octanol–water partition coefficient (Wildman–Crippen LogP) is 1.54. The summed E-state index contributed by atoms with van der Waals surface area (Å²) < 4.78 is 0. The topological polar surface area (TPSA) is 12.0 Å². The van der Waals surface area contributed by atoms with Gasteiger partial charge in [0.1, 0.15) is 0 Å². The van der Waals surface area contributed by atoms with Crippen molar-refractivity contribution in [3.63, 3.8) is 0 Å². The van der Waals surface area contributed by atoms with Crippen molar-refractivity contribution >= 4 is 0 Å². The Morgan fingerprint density at radius 3 is 2.60 bits per heavy atom. The Bertz CT molecular complexity index is 146. The molecule has 1 aliphatic heterocycles. The lowest BCUT2D eigenvalue weighted by Gasteiger charge is -2.25. The molecular weight excluding hydrogens is 122 g/mol. The highest BCUT2D eigenvalue weighted by molar-refractivity contribution is 5.09. The van der Waals surface area contributed by atoms with Crippen molar-refractivity contribution < 1.29 is 0 Å². The van der Waals surface area contributed by atoms with Crippen LogP contribution in [0.25, 0.3) is 0 Å². The average Bonchev–Trinajstić information content (AvgIpc) is 2.45. The first-order chi connectivity index (χ1) is 4.88. The monoisotopic (exact) mass is 137 g/mol. The van der Waals surface area contributed by atoms with Gasteiger partial charge in [-0.25, -0.2) is 0 Å². The van der Waals surface area contributed by atoms with E-state index in [1.807, 2.05) is 0 Å². The number of rotatable bonds is 0. The molecule has 0 aromatic carbocycles. The maximum Gasteiger partial charge on any atom is 0.0187 e. The van der Waals surface area contributed by atoms with Gasteiger partial charge in [-0.1, -0.05) is 0 Å². The minimum atomic E-state index is 0.660. The fourth-order valence-corrected chi connectivity index (χ4v) is 3.11. The molecular formula is C9H15N. The van der Waals surface area contributed by atoms with Crippen LogP contribution in [0.1, 0.15) is 32.1 Å². The third kappa shape index (κ3) is 0.619. The third-order valence-electron chi connectivity index (χ3n) is 3.71. The van der Waals surface area contributed by atoms with E-state index in [1.54, 1.807) is 6.42 Å². The average molecular weight is 137 g/mol. The lowest BCUT2D eigenvalue weighted by Crippen LogP contribution is -2.37. The van der Waals surface area contributed by atoms with E-state index in [-0.39, 0.29) is 0 Å². The van der Waals surface area contributed by atoms with Crippen LogP contribution in [0.4, 0.5) is 0 Å². The van der Waals surface area contributed by atoms with Crippen molar-refractivity contribution in [3.05, 3.63) is 0 Å². The van der Waals surface area contributed by atoms with Gasteiger partial charge in [-0.15, -0.1) is 0 Å². The fourth-order valence-electron chi connectivity index (χ4n) is 3.11. The molecule has 3 aliphatic rings. The Balaban J connectivity index is 1.80. The second-order valence-electron chi connectivity index (χ2n) is 4.47. The van der Waals surface area contributed by atoms with E-state index in [0.717, 1.165) is 11.8 Å². The highest BCUT2D eigenvalue weighted by atomic mass is 15.0. The van der Waals surface area contributed by atoms with E-state index in [2.05, 4.69) is 5.32 Å². The summed E-state index contributed by atoms with van der Waals surface area (Å²) in [6, 6.07) is 0. The van der Waals surface area contributed by atoms with Crippen molar-refractivity contribution in [2.75, 3.05) is 6.54 Å². The zero-order valence-corrected chi connectivity index (χ0v) is 6.40. The van der Waals surface area contributed by atoms with Crippen molar-refractivity contribution in [2.45, 2.75) is 37.6 Å². The first-order valence-electron chi connectivity index (χ1n) is 4.63. The summed E-state index contributed by atoms with van der Waals surface area (Å²) in [6.45, 7) is 1.29. The predicted molar refractivity (Wildman–Crippen MR) is 40.8 cm³/mol. The van der Waals surface area contributed by atoms with Crippen LogP contribution in [0, 0.1) is 11.8 Å². The summed E-state index contributed by atoms with van der Waals surface area (Å²) in [5.74, 6) is 2.29. The summed E-state index contributed by atoms with van der Waals surface area (Å²) in [4.78, 5) is 0. The second-order valence-corrected chi connectivity index (χ2v) is 4.47. The van der Waals surface area contributed by atoms with Gasteiger partial charge in [-0.2, -0.15) is 0 Å². The van der Waals surface area contributed by atoms with Gasteiger partial charge in [0, 0.05) is 5.54 Å². The molecule has 2 saturated carbocycles. The van der Waals surface area contributed by atoms with Crippen LogP contribution in [0.2, 0.25) is 0 Å². The number of hydrogen-bond donors (Lipinski definition) is 1. The first-order valence-corrected chi connectivity index (χ1v) is 4.63. The van der Waals surface area contributed by atoms with Gasteiger partial charge >= 0.3 is 0 Å². The summed E-state index contributed by atoms with van der Waals surface area (Å²) in [5, 5.41) is 3.69. The van der Waals surface area contributed by atoms with Gasteiger partial charge in [0.25, 0.3) is 0 Å². The number of fused-ring (bicyclic) bond motifs is 1. The van der Waals surface area contributed by atoms with E-state index in [4.69, 9.17) is 0 Å². The molecule has 10 heavy (non-hydrogen) atoms. The Labute approximate surface area is 62.2 Å². The normalized spacial score (nSPS) is 57.6. The van der Waals surface area contributed by atoms with Crippen LogP contribution >= 0.6 is 0 Å². The van der Waals surface area contributed by atoms with Gasteiger partial charge in [0.2, 0.25) is 0 Å². The van der Waals surface area contributed by atoms with Crippen molar-refractivity contribution in [2.24, 2.45) is 11.8 Å². The van der Waals surface area contributed by atoms with E-state index in [1.165, 1.54) is 32.2 Å². The van der Waals surface area contributed by atoms with Crippen molar-refractivity contribution in [1.29, 1.82) is 0 Å². The molecule has 1 N–H and O–H groups in total. The molecule has 1 saturated heterocycles. The maximum absolute atomic E-state index is 3.69. The molecule has 2 aliphatic carbocycles. The smallest absolute Gasteiger partial charge is 0.0187 e. The highest BCUT2D eigenvalue weighted by Crippen LogP contribution is 2.58. The van der Waals surface area contributed by atoms with Crippen molar-refractivity contribution in [1.82, 2.24) is 5.32 Å². The van der Waals surface area contributed by atoms with Crippen LogP contribution in [0.15, 0.2) is 0 Å². The largest absolute Gasteiger partial charge is 0.311 e. The molecule has 1 nitrogen and oxygen atoms in total. The van der Waals surface area contributed by atoms with Gasteiger partial charge < -0.3 is 5.32 Å². The van der Waals surface area contributed by atoms with Crippen LogP contribution in [0.5, 0.6) is 0 Å². The number of hydrogen-bond acceptors (Lipinski definition) is 1. The molecule has 56 valence electrons. The molecule has 3 rings (SSSR count). The summed E-state index contributed by atoms with van der Waals surface area (Å²) in [6.07, 6.45) is 7.48. The van der Waals surface area contributed by atoms with Crippen LogP contribution in [-0.2, 0) is 0 Å². The van der Waals surface area contributed by atoms with Gasteiger partial charge in [-0.3, -0.25) is 0 Å². The summed E-state index contributed by atoms with van der Waals surface area (Å²) in [7, 11) is 0. The molecule has 0 radical (unpaired) electrons. The lowest BCUT2D eigenvalue weighted by atomic mass is 9.92. The first kappa shape index (κ1) is 5.59. The summed E-state index contributed by atoms with van der Waals surface area (Å²) in [5.41, 5.74) is 0.660. The fraction of sp³-hybridized carbons (Fsp3) is 1.00. The molecule has 2 unspecified atom stereocenters. The molecule has 1 spiro atoms. The Morgan fingerprint density at radius 1 is 1.20 bits per heavy atom. The van der Waals surface area contributed by atoms with Crippen LogP contribution in [0.3, 0.4) is 0 Å². The quantitative estimate of drug-likeness (QED) is 0.534. The lowest BCUT2D eigenvalue weighted by molar-refractivity contribution is 0.350. The highest BCUT2D eigenvalue weighted by Gasteiger charge is 2.54. The minimum absolute atomic E-state index is 0.660. The maximum atomic E-state index is 3.69. The van der Waals surface area contributed by atoms with Gasteiger partial charge in [0.15, 0.2) is 0 Å². The van der Waals surface area contributed by atoms with Gasteiger partial charge in [0.05, 0.1) is 0 Å². The second kappa shape index (κ2) is 1.58. The molecule has 1 heteroatoms. The standard InChI is InChI=1S/C9H15N/c1-2-9(10-3-1)5-7-4-8(7)6-9/h7-8,10H,1-6H2. The molecule has 1 heterocycles. The third-order valence-corrected chi connectivity index (χ3v) is 3.71.